The molecule has 1 saturated carbocycles. The van der Waals surface area contributed by atoms with Crippen molar-refractivity contribution in [2.75, 3.05) is 0 Å². The summed E-state index contributed by atoms with van der Waals surface area (Å²) in [6.45, 7) is -0.294. The number of H-pyrrole nitrogens is 1. The molecular weight excluding hydrogens is 366 g/mol. The Morgan fingerprint density at radius 1 is 1.19 bits per heavy atom. The molecule has 2 aromatic carbocycles. The fourth-order valence-electron chi connectivity index (χ4n) is 4.31. The molecule has 2 aliphatic carbocycles. The monoisotopic (exact) mass is 381 g/mol. The minimum atomic E-state index is -0.582. The number of hydrogen-bond donors (Lipinski definition) is 2. The first kappa shape index (κ1) is 16.3. The van der Waals surface area contributed by atoms with Crippen molar-refractivity contribution < 1.29 is 4.79 Å². The van der Waals surface area contributed by atoms with E-state index in [1.165, 1.54) is 11.1 Å². The first-order valence-electron chi connectivity index (χ1n) is 8.83. The quantitative estimate of drug-likeness (QED) is 0.725. The number of fused-ring (bicyclic) bond motifs is 4. The van der Waals surface area contributed by atoms with Gasteiger partial charge in [-0.2, -0.15) is 0 Å². The van der Waals surface area contributed by atoms with Crippen LogP contribution in [-0.2, 0) is 17.8 Å². The van der Waals surface area contributed by atoms with E-state index in [2.05, 4.69) is 16.4 Å². The number of aromatic nitrogens is 2. The van der Waals surface area contributed by atoms with Crippen molar-refractivity contribution in [2.45, 2.75) is 24.9 Å². The van der Waals surface area contributed by atoms with Gasteiger partial charge in [-0.3, -0.25) is 14.2 Å². The smallest absolute Gasteiger partial charge is 0.329 e. The Hall–Kier alpha value is -2.86. The molecule has 1 heterocycles. The highest BCUT2D eigenvalue weighted by Crippen LogP contribution is 2.57. The lowest BCUT2D eigenvalue weighted by Crippen LogP contribution is -2.41. The van der Waals surface area contributed by atoms with Gasteiger partial charge in [-0.25, -0.2) is 4.79 Å². The number of benzene rings is 2. The predicted molar refractivity (Wildman–Crippen MR) is 102 cm³/mol. The SMILES string of the molecule is O=C(Cn1c(=O)[nH]c2ccccc2c1=O)NC1C2Cc3c(Cl)cccc3C21. The number of aromatic amines is 1. The van der Waals surface area contributed by atoms with Gasteiger partial charge in [0, 0.05) is 17.0 Å². The molecule has 27 heavy (non-hydrogen) atoms. The van der Waals surface area contributed by atoms with Crippen LogP contribution in [-0.4, -0.2) is 21.5 Å². The highest BCUT2D eigenvalue weighted by molar-refractivity contribution is 6.31. The molecule has 1 fully saturated rings. The maximum absolute atomic E-state index is 12.5. The van der Waals surface area contributed by atoms with Crippen molar-refractivity contribution in [1.29, 1.82) is 0 Å². The van der Waals surface area contributed by atoms with E-state index in [1.54, 1.807) is 24.3 Å². The van der Waals surface area contributed by atoms with Crippen molar-refractivity contribution in [3.8, 4) is 0 Å². The van der Waals surface area contributed by atoms with Gasteiger partial charge in [-0.1, -0.05) is 35.9 Å². The van der Waals surface area contributed by atoms with Gasteiger partial charge in [0.25, 0.3) is 5.56 Å². The molecular formula is C20H16ClN3O3. The van der Waals surface area contributed by atoms with Crippen molar-refractivity contribution in [2.24, 2.45) is 5.92 Å². The number of nitrogens with one attached hydrogen (secondary N) is 2. The maximum Gasteiger partial charge on any atom is 0.329 e. The highest BCUT2D eigenvalue weighted by Gasteiger charge is 2.56. The summed E-state index contributed by atoms with van der Waals surface area (Å²) in [7, 11) is 0. The summed E-state index contributed by atoms with van der Waals surface area (Å²) >= 11 is 6.24. The Morgan fingerprint density at radius 3 is 2.85 bits per heavy atom. The molecule has 6 nitrogen and oxygen atoms in total. The van der Waals surface area contributed by atoms with E-state index in [1.807, 2.05) is 12.1 Å². The summed E-state index contributed by atoms with van der Waals surface area (Å²) in [4.78, 5) is 39.8. The van der Waals surface area contributed by atoms with E-state index < -0.39 is 11.2 Å². The lowest BCUT2D eigenvalue weighted by atomic mass is 10.0. The van der Waals surface area contributed by atoms with Crippen molar-refractivity contribution in [3.05, 3.63) is 79.5 Å². The maximum atomic E-state index is 12.5. The molecule has 0 radical (unpaired) electrons. The van der Waals surface area contributed by atoms with E-state index in [9.17, 15) is 14.4 Å². The van der Waals surface area contributed by atoms with Gasteiger partial charge < -0.3 is 10.3 Å². The zero-order chi connectivity index (χ0) is 18.7. The van der Waals surface area contributed by atoms with Crippen LogP contribution in [0.1, 0.15) is 17.0 Å². The second-order valence-corrected chi connectivity index (χ2v) is 7.57. The molecule has 1 aromatic heterocycles. The Balaban J connectivity index is 1.35. The van der Waals surface area contributed by atoms with Gasteiger partial charge >= 0.3 is 5.69 Å². The molecule has 3 atom stereocenters. The summed E-state index contributed by atoms with van der Waals surface area (Å²) in [5, 5.41) is 4.14. The van der Waals surface area contributed by atoms with Crippen LogP contribution >= 0.6 is 11.6 Å². The first-order chi connectivity index (χ1) is 13.0. The number of rotatable bonds is 3. The van der Waals surface area contributed by atoms with Crippen LogP contribution in [0.15, 0.2) is 52.1 Å². The standard InChI is InChI=1S/C20H16ClN3O3/c21-14-6-3-5-10-12(14)8-13-17(10)18(13)23-16(25)9-24-19(26)11-4-1-2-7-15(11)22-20(24)27/h1-7,13,17-18H,8-9H2,(H,22,27)(H,23,25). The molecule has 3 aromatic rings. The third kappa shape index (κ3) is 2.51. The second kappa shape index (κ2) is 5.82. The zero-order valence-electron chi connectivity index (χ0n) is 14.2. The summed E-state index contributed by atoms with van der Waals surface area (Å²) in [5.41, 5.74) is 1.79. The Bertz CT molecular complexity index is 1210. The Labute approximate surface area is 158 Å². The predicted octanol–water partition coefficient (Wildman–Crippen LogP) is 1.80. The summed E-state index contributed by atoms with van der Waals surface area (Å²) in [6.07, 6.45) is 0.848. The zero-order valence-corrected chi connectivity index (χ0v) is 15.0. The number of halogens is 1. The van der Waals surface area contributed by atoms with Crippen LogP contribution in [0, 0.1) is 5.92 Å². The number of para-hydroxylation sites is 1. The molecule has 1 amide bonds. The molecule has 5 rings (SSSR count). The van der Waals surface area contributed by atoms with Gasteiger partial charge in [0.15, 0.2) is 0 Å². The minimum absolute atomic E-state index is 0.0405. The van der Waals surface area contributed by atoms with Gasteiger partial charge in [0.1, 0.15) is 6.54 Å². The fourth-order valence-corrected chi connectivity index (χ4v) is 4.56. The van der Waals surface area contributed by atoms with Crippen LogP contribution in [0.4, 0.5) is 0 Å². The number of nitrogens with zero attached hydrogens (tertiary/aromatic N) is 1. The second-order valence-electron chi connectivity index (χ2n) is 7.16. The molecule has 0 spiro atoms. The average molecular weight is 382 g/mol. The lowest BCUT2D eigenvalue weighted by molar-refractivity contribution is -0.122. The van der Waals surface area contributed by atoms with E-state index in [0.717, 1.165) is 16.0 Å². The molecule has 136 valence electrons. The molecule has 7 heteroatoms. The van der Waals surface area contributed by atoms with Crippen LogP contribution in [0.5, 0.6) is 0 Å². The highest BCUT2D eigenvalue weighted by atomic mass is 35.5. The van der Waals surface area contributed by atoms with Crippen molar-refractivity contribution in [1.82, 2.24) is 14.9 Å². The van der Waals surface area contributed by atoms with E-state index >= 15 is 0 Å². The normalized spacial score (nSPS) is 22.3. The van der Waals surface area contributed by atoms with Gasteiger partial charge in [0.2, 0.25) is 5.91 Å². The summed E-state index contributed by atoms with van der Waals surface area (Å²) in [6, 6.07) is 12.7. The number of amides is 1. The van der Waals surface area contributed by atoms with E-state index in [4.69, 9.17) is 11.6 Å². The van der Waals surface area contributed by atoms with Crippen LogP contribution in [0.25, 0.3) is 10.9 Å². The summed E-state index contributed by atoms with van der Waals surface area (Å²) in [5.74, 6) is 0.283. The van der Waals surface area contributed by atoms with Gasteiger partial charge in [-0.05, 0) is 41.7 Å². The van der Waals surface area contributed by atoms with Crippen LogP contribution in [0.3, 0.4) is 0 Å². The lowest BCUT2D eigenvalue weighted by Gasteiger charge is -2.11. The van der Waals surface area contributed by atoms with Crippen molar-refractivity contribution in [3.63, 3.8) is 0 Å². The molecule has 0 bridgehead atoms. The Morgan fingerprint density at radius 2 is 2.00 bits per heavy atom. The van der Waals surface area contributed by atoms with Crippen molar-refractivity contribution >= 4 is 28.4 Å². The van der Waals surface area contributed by atoms with Crippen LogP contribution < -0.4 is 16.6 Å². The third-order valence-electron chi connectivity index (χ3n) is 5.64. The number of hydrogen-bond acceptors (Lipinski definition) is 3. The molecule has 0 aliphatic heterocycles. The minimum Gasteiger partial charge on any atom is -0.351 e. The van der Waals surface area contributed by atoms with Gasteiger partial charge in [0.05, 0.1) is 10.9 Å². The van der Waals surface area contributed by atoms with Gasteiger partial charge in [-0.15, -0.1) is 0 Å². The average Bonchev–Trinajstić information content (AvgIpc) is 3.15. The molecule has 3 unspecified atom stereocenters. The van der Waals surface area contributed by atoms with E-state index in [-0.39, 0.29) is 24.4 Å². The Kier molecular flexibility index (Phi) is 3.52. The molecule has 0 saturated heterocycles. The number of carbonyl (C=O) groups is 1. The third-order valence-corrected chi connectivity index (χ3v) is 6.00. The summed E-state index contributed by atoms with van der Waals surface area (Å²) < 4.78 is 0.945. The fraction of sp³-hybridized carbons (Fsp3) is 0.250. The largest absolute Gasteiger partial charge is 0.351 e. The van der Waals surface area contributed by atoms with Crippen LogP contribution in [0.2, 0.25) is 5.02 Å². The first-order valence-corrected chi connectivity index (χ1v) is 9.21. The number of carbonyl (C=O) groups excluding carboxylic acids is 1. The topological polar surface area (TPSA) is 84.0 Å². The van der Waals surface area contributed by atoms with E-state index in [0.29, 0.717) is 16.8 Å². The molecule has 2 aliphatic rings. The molecule has 2 N–H and O–H groups in total.